The van der Waals surface area contributed by atoms with E-state index in [9.17, 15) is 19.2 Å². The smallest absolute Gasteiger partial charge is 0.303 e. The number of carbonyl (C=O) groups is 4. The van der Waals surface area contributed by atoms with Crippen LogP contribution in [0, 0.1) is 0 Å². The third-order valence-corrected chi connectivity index (χ3v) is 7.91. The normalized spacial score (nSPS) is 25.0. The van der Waals surface area contributed by atoms with Gasteiger partial charge in [0.15, 0.2) is 18.3 Å². The van der Waals surface area contributed by atoms with Gasteiger partial charge in [-0.1, -0.05) is 24.3 Å². The van der Waals surface area contributed by atoms with Gasteiger partial charge in [0.2, 0.25) is 0 Å². The summed E-state index contributed by atoms with van der Waals surface area (Å²) in [6.45, 7) is 7.12. The summed E-state index contributed by atoms with van der Waals surface area (Å²) in [6.07, 6.45) is -5.49. The maximum absolute atomic E-state index is 12.2. The molecule has 0 amide bonds. The summed E-state index contributed by atoms with van der Waals surface area (Å²) in [6, 6.07) is 13.8. The zero-order chi connectivity index (χ0) is 29.7. The van der Waals surface area contributed by atoms with E-state index in [1.54, 1.807) is 11.8 Å². The standard InChI is InChI=1S/C30H34O10S/c1-6-35-22-10-7-20(8-11-22)24-15-41-26-12-9-21(13-23(24)26)27-29(38-18(4)33)30(39-19(5)34)28(37-17(3)32)25(40-27)14-36-16(2)31/h7-13,24-25,27-30H,6,14-15H2,1-5H3. The number of esters is 4. The van der Waals surface area contributed by atoms with E-state index < -0.39 is 54.4 Å². The highest BCUT2D eigenvalue weighted by Gasteiger charge is 2.52. The molecule has 41 heavy (non-hydrogen) atoms. The highest BCUT2D eigenvalue weighted by molar-refractivity contribution is 7.99. The first-order chi connectivity index (χ1) is 19.6. The van der Waals surface area contributed by atoms with Gasteiger partial charge in [0, 0.05) is 44.3 Å². The van der Waals surface area contributed by atoms with E-state index >= 15 is 0 Å². The molecule has 4 rings (SSSR count). The Kier molecular flexibility index (Phi) is 9.93. The Morgan fingerprint density at radius 3 is 2.02 bits per heavy atom. The van der Waals surface area contributed by atoms with Crippen molar-refractivity contribution in [1.82, 2.24) is 0 Å². The monoisotopic (exact) mass is 586 g/mol. The lowest BCUT2D eigenvalue weighted by Crippen LogP contribution is -2.59. The van der Waals surface area contributed by atoms with Crippen molar-refractivity contribution < 1.29 is 47.6 Å². The van der Waals surface area contributed by atoms with Crippen LogP contribution in [0.5, 0.6) is 5.75 Å². The fourth-order valence-corrected chi connectivity index (χ4v) is 6.40. The van der Waals surface area contributed by atoms with Crippen molar-refractivity contribution in [2.45, 2.75) is 76.0 Å². The Morgan fingerprint density at radius 1 is 0.805 bits per heavy atom. The average molecular weight is 587 g/mol. The van der Waals surface area contributed by atoms with E-state index in [-0.39, 0.29) is 12.5 Å². The van der Waals surface area contributed by atoms with Crippen LogP contribution in [-0.2, 0) is 42.9 Å². The number of thioether (sulfide) groups is 1. The third kappa shape index (κ3) is 7.39. The molecule has 0 saturated carbocycles. The van der Waals surface area contributed by atoms with Gasteiger partial charge in [-0.2, -0.15) is 0 Å². The molecule has 0 aromatic heterocycles. The van der Waals surface area contributed by atoms with Gasteiger partial charge >= 0.3 is 23.9 Å². The van der Waals surface area contributed by atoms with Crippen molar-refractivity contribution in [3.63, 3.8) is 0 Å². The molecule has 6 atom stereocenters. The highest BCUT2D eigenvalue weighted by Crippen LogP contribution is 2.46. The van der Waals surface area contributed by atoms with Crippen LogP contribution in [0.15, 0.2) is 47.4 Å². The van der Waals surface area contributed by atoms with Crippen molar-refractivity contribution in [1.29, 1.82) is 0 Å². The van der Waals surface area contributed by atoms with Crippen molar-refractivity contribution >= 4 is 35.6 Å². The van der Waals surface area contributed by atoms with E-state index in [1.165, 1.54) is 27.7 Å². The first kappa shape index (κ1) is 30.4. The summed E-state index contributed by atoms with van der Waals surface area (Å²) in [5.41, 5.74) is 2.86. The van der Waals surface area contributed by atoms with Gasteiger partial charge in [0.25, 0.3) is 0 Å². The van der Waals surface area contributed by atoms with Gasteiger partial charge in [-0.3, -0.25) is 19.2 Å². The largest absolute Gasteiger partial charge is 0.494 e. The quantitative estimate of drug-likeness (QED) is 0.311. The second kappa shape index (κ2) is 13.4. The molecule has 2 aliphatic heterocycles. The molecule has 2 aromatic carbocycles. The fraction of sp³-hybridized carbons (Fsp3) is 0.467. The lowest BCUT2D eigenvalue weighted by molar-refractivity contribution is -0.254. The van der Waals surface area contributed by atoms with Crippen molar-refractivity contribution in [2.24, 2.45) is 0 Å². The first-order valence-electron chi connectivity index (χ1n) is 13.4. The summed E-state index contributed by atoms with van der Waals surface area (Å²) in [5.74, 6) is -0.806. The molecule has 0 spiro atoms. The van der Waals surface area contributed by atoms with Crippen LogP contribution in [0.1, 0.15) is 63.3 Å². The summed E-state index contributed by atoms with van der Waals surface area (Å²) in [7, 11) is 0. The molecule has 10 nitrogen and oxygen atoms in total. The van der Waals surface area contributed by atoms with Crippen molar-refractivity contribution in [2.75, 3.05) is 19.0 Å². The number of rotatable bonds is 9. The summed E-state index contributed by atoms with van der Waals surface area (Å²) in [5, 5.41) is 0. The highest BCUT2D eigenvalue weighted by atomic mass is 32.2. The maximum atomic E-state index is 12.2. The molecule has 1 fully saturated rings. The van der Waals surface area contributed by atoms with E-state index in [0.717, 1.165) is 27.5 Å². The van der Waals surface area contributed by atoms with Crippen LogP contribution in [-0.4, -0.2) is 67.3 Å². The molecule has 2 aromatic rings. The molecular weight excluding hydrogens is 552 g/mol. The minimum Gasteiger partial charge on any atom is -0.494 e. The molecular formula is C30H34O10S. The number of benzene rings is 2. The van der Waals surface area contributed by atoms with E-state index in [1.807, 2.05) is 49.4 Å². The second-order valence-corrected chi connectivity index (χ2v) is 10.8. The molecule has 11 heteroatoms. The molecule has 0 radical (unpaired) electrons. The van der Waals surface area contributed by atoms with Gasteiger partial charge in [0.1, 0.15) is 24.6 Å². The minimum absolute atomic E-state index is 0.0938. The zero-order valence-electron chi connectivity index (χ0n) is 23.6. The zero-order valence-corrected chi connectivity index (χ0v) is 24.4. The number of carbonyl (C=O) groups excluding carboxylic acids is 4. The predicted molar refractivity (Wildman–Crippen MR) is 148 cm³/mol. The average Bonchev–Trinajstić information content (AvgIpc) is 3.33. The molecule has 0 bridgehead atoms. The molecule has 1 saturated heterocycles. The van der Waals surface area contributed by atoms with E-state index in [2.05, 4.69) is 0 Å². The molecule has 220 valence electrons. The van der Waals surface area contributed by atoms with Crippen molar-refractivity contribution in [3.05, 3.63) is 59.2 Å². The summed E-state index contributed by atoms with van der Waals surface area (Å²) in [4.78, 5) is 49.2. The van der Waals surface area contributed by atoms with Crippen LogP contribution in [0.3, 0.4) is 0 Å². The van der Waals surface area contributed by atoms with Crippen LogP contribution in [0.2, 0.25) is 0 Å². The number of hydrogen-bond donors (Lipinski definition) is 0. The SMILES string of the molecule is CCOc1ccc(C2CSc3ccc(C4OC(COC(C)=O)C(OC(C)=O)C(OC(C)=O)C4OC(C)=O)cc32)cc1. The van der Waals surface area contributed by atoms with Crippen LogP contribution < -0.4 is 4.74 Å². The topological polar surface area (TPSA) is 124 Å². The Morgan fingerprint density at radius 2 is 1.41 bits per heavy atom. The van der Waals surface area contributed by atoms with Crippen LogP contribution in [0.4, 0.5) is 0 Å². The molecule has 0 aliphatic carbocycles. The summed E-state index contributed by atoms with van der Waals surface area (Å²) >= 11 is 1.74. The minimum atomic E-state index is -1.22. The first-order valence-corrected chi connectivity index (χ1v) is 14.4. The van der Waals surface area contributed by atoms with Gasteiger partial charge in [-0.25, -0.2) is 0 Å². The van der Waals surface area contributed by atoms with Gasteiger partial charge < -0.3 is 28.4 Å². The lowest BCUT2D eigenvalue weighted by Gasteiger charge is -2.44. The van der Waals surface area contributed by atoms with Crippen LogP contribution in [0.25, 0.3) is 0 Å². The number of ether oxygens (including phenoxy) is 6. The number of fused-ring (bicyclic) bond motifs is 1. The number of hydrogen-bond acceptors (Lipinski definition) is 11. The molecule has 0 N–H and O–H groups in total. The van der Waals surface area contributed by atoms with Gasteiger partial charge in [-0.15, -0.1) is 11.8 Å². The Bertz CT molecular complexity index is 1280. The summed E-state index contributed by atoms with van der Waals surface area (Å²) < 4.78 is 33.9. The van der Waals surface area contributed by atoms with Gasteiger partial charge in [0.05, 0.1) is 6.61 Å². The molecule has 2 heterocycles. The Balaban J connectivity index is 1.74. The maximum Gasteiger partial charge on any atom is 0.303 e. The Labute approximate surface area is 242 Å². The van der Waals surface area contributed by atoms with Crippen LogP contribution >= 0.6 is 11.8 Å². The molecule has 2 aliphatic rings. The lowest BCUT2D eigenvalue weighted by atomic mass is 9.87. The van der Waals surface area contributed by atoms with E-state index in [4.69, 9.17) is 28.4 Å². The fourth-order valence-electron chi connectivity index (χ4n) is 5.15. The van der Waals surface area contributed by atoms with Gasteiger partial charge in [-0.05, 0) is 41.8 Å². The Hall–Kier alpha value is -3.57. The third-order valence-electron chi connectivity index (χ3n) is 6.73. The second-order valence-electron chi connectivity index (χ2n) is 9.78. The molecule has 6 unspecified atom stereocenters. The van der Waals surface area contributed by atoms with E-state index in [0.29, 0.717) is 12.2 Å². The van der Waals surface area contributed by atoms with Crippen molar-refractivity contribution in [3.8, 4) is 5.75 Å². The predicted octanol–water partition coefficient (Wildman–Crippen LogP) is 4.12.